The van der Waals surface area contributed by atoms with E-state index in [0.29, 0.717) is 28.2 Å². The van der Waals surface area contributed by atoms with Gasteiger partial charge in [-0.25, -0.2) is 4.98 Å². The number of benzene rings is 2. The molecule has 0 radical (unpaired) electrons. The van der Waals surface area contributed by atoms with Crippen molar-refractivity contribution in [2.45, 2.75) is 0 Å². The van der Waals surface area contributed by atoms with Gasteiger partial charge < -0.3 is 14.7 Å². The van der Waals surface area contributed by atoms with Crippen LogP contribution in [-0.2, 0) is 0 Å². The first-order valence-corrected chi connectivity index (χ1v) is 10.5. The van der Waals surface area contributed by atoms with Crippen LogP contribution in [-0.4, -0.2) is 20.9 Å². The highest BCUT2D eigenvalue weighted by atomic mass is 16.3. The molecule has 4 heterocycles. The van der Waals surface area contributed by atoms with Gasteiger partial charge >= 0.3 is 0 Å². The number of fused-ring (bicyclic) bond motifs is 2. The Morgan fingerprint density at radius 2 is 1.85 bits per heavy atom. The number of furan rings is 1. The van der Waals surface area contributed by atoms with Crippen LogP contribution in [0.25, 0.3) is 44.4 Å². The quantitative estimate of drug-likeness (QED) is 0.344. The van der Waals surface area contributed by atoms with E-state index in [-0.39, 0.29) is 5.91 Å². The number of nitrogens with one attached hydrogen (secondary N) is 2. The third kappa shape index (κ3) is 3.53. The minimum atomic E-state index is -0.236. The second-order valence-electron chi connectivity index (χ2n) is 7.74. The number of rotatable bonds is 4. The van der Waals surface area contributed by atoms with E-state index in [1.165, 1.54) is 0 Å². The maximum Gasteiger partial charge on any atom is 0.256 e. The van der Waals surface area contributed by atoms with E-state index in [9.17, 15) is 4.79 Å². The average Bonchev–Trinajstić information content (AvgIpc) is 3.55. The SMILES string of the molecule is O=C(Nc1cccnc1)c1cc(-c2ccco2)nc2ccc(-c3ccc4cc[nH]c4c3)cc12. The average molecular weight is 430 g/mol. The molecule has 0 aliphatic carbocycles. The number of aromatic nitrogens is 3. The maximum absolute atomic E-state index is 13.3. The van der Waals surface area contributed by atoms with Gasteiger partial charge in [0.25, 0.3) is 5.91 Å². The molecule has 0 saturated carbocycles. The highest BCUT2D eigenvalue weighted by Gasteiger charge is 2.16. The summed E-state index contributed by atoms with van der Waals surface area (Å²) in [7, 11) is 0. The second kappa shape index (κ2) is 7.76. The third-order valence-corrected chi connectivity index (χ3v) is 5.63. The van der Waals surface area contributed by atoms with Crippen molar-refractivity contribution in [3.63, 3.8) is 0 Å². The van der Waals surface area contributed by atoms with Crippen molar-refractivity contribution in [1.82, 2.24) is 15.0 Å². The van der Waals surface area contributed by atoms with Gasteiger partial charge in [0.2, 0.25) is 0 Å². The zero-order valence-electron chi connectivity index (χ0n) is 17.4. The van der Waals surface area contributed by atoms with E-state index in [4.69, 9.17) is 9.40 Å². The summed E-state index contributed by atoms with van der Waals surface area (Å²) in [4.78, 5) is 25.4. The fraction of sp³-hybridized carbons (Fsp3) is 0. The molecule has 0 aliphatic rings. The Bertz CT molecular complexity index is 1600. The van der Waals surface area contributed by atoms with Crippen LogP contribution >= 0.6 is 0 Å². The van der Waals surface area contributed by atoms with Crippen molar-refractivity contribution in [3.05, 3.63) is 103 Å². The summed E-state index contributed by atoms with van der Waals surface area (Å²) in [6.45, 7) is 0. The largest absolute Gasteiger partial charge is 0.463 e. The Labute approximate surface area is 188 Å². The minimum Gasteiger partial charge on any atom is -0.463 e. The maximum atomic E-state index is 13.3. The first-order chi connectivity index (χ1) is 16.2. The molecule has 2 aromatic carbocycles. The number of hydrogen-bond acceptors (Lipinski definition) is 4. The predicted molar refractivity (Wildman–Crippen MR) is 129 cm³/mol. The summed E-state index contributed by atoms with van der Waals surface area (Å²) in [5, 5.41) is 4.85. The van der Waals surface area contributed by atoms with Gasteiger partial charge in [0, 0.05) is 23.3 Å². The lowest BCUT2D eigenvalue weighted by Gasteiger charge is -2.11. The van der Waals surface area contributed by atoms with E-state index in [1.54, 1.807) is 42.9 Å². The van der Waals surface area contributed by atoms with Crippen LogP contribution in [0.3, 0.4) is 0 Å². The van der Waals surface area contributed by atoms with Crippen LogP contribution in [0.5, 0.6) is 0 Å². The summed E-state index contributed by atoms with van der Waals surface area (Å²) < 4.78 is 5.54. The van der Waals surface area contributed by atoms with Gasteiger partial charge in [-0.3, -0.25) is 9.78 Å². The lowest BCUT2D eigenvalue weighted by molar-refractivity contribution is 0.102. The number of pyridine rings is 2. The van der Waals surface area contributed by atoms with Crippen LogP contribution in [0.1, 0.15) is 10.4 Å². The number of nitrogens with zero attached hydrogens (tertiary/aromatic N) is 2. The molecule has 4 aromatic heterocycles. The molecule has 0 spiro atoms. The molecule has 0 unspecified atom stereocenters. The lowest BCUT2D eigenvalue weighted by atomic mass is 9.99. The van der Waals surface area contributed by atoms with Crippen molar-refractivity contribution in [3.8, 4) is 22.6 Å². The van der Waals surface area contributed by atoms with Crippen molar-refractivity contribution < 1.29 is 9.21 Å². The Balaban J connectivity index is 1.51. The first-order valence-electron chi connectivity index (χ1n) is 10.5. The van der Waals surface area contributed by atoms with Crippen LogP contribution in [0.4, 0.5) is 5.69 Å². The van der Waals surface area contributed by atoms with Crippen molar-refractivity contribution in [1.29, 1.82) is 0 Å². The number of hydrogen-bond donors (Lipinski definition) is 2. The number of carbonyl (C=O) groups excluding carboxylic acids is 1. The molecule has 0 aliphatic heterocycles. The van der Waals surface area contributed by atoms with Crippen LogP contribution in [0.15, 0.2) is 102 Å². The number of H-pyrrole nitrogens is 1. The van der Waals surface area contributed by atoms with Gasteiger partial charge in [0.15, 0.2) is 5.76 Å². The molecule has 6 rings (SSSR count). The zero-order chi connectivity index (χ0) is 22.2. The normalized spacial score (nSPS) is 11.2. The smallest absolute Gasteiger partial charge is 0.256 e. The molecule has 2 N–H and O–H groups in total. The molecular weight excluding hydrogens is 412 g/mol. The third-order valence-electron chi connectivity index (χ3n) is 5.63. The van der Waals surface area contributed by atoms with Crippen LogP contribution < -0.4 is 5.32 Å². The fourth-order valence-corrected chi connectivity index (χ4v) is 4.01. The molecule has 1 amide bonds. The van der Waals surface area contributed by atoms with E-state index >= 15 is 0 Å². The van der Waals surface area contributed by atoms with Gasteiger partial charge in [0.05, 0.1) is 29.2 Å². The van der Waals surface area contributed by atoms with E-state index in [0.717, 1.165) is 27.4 Å². The number of carbonyl (C=O) groups is 1. The number of anilines is 1. The Morgan fingerprint density at radius 1 is 0.939 bits per heavy atom. The second-order valence-corrected chi connectivity index (χ2v) is 7.74. The highest BCUT2D eigenvalue weighted by Crippen LogP contribution is 2.31. The minimum absolute atomic E-state index is 0.236. The predicted octanol–water partition coefficient (Wildman–Crippen LogP) is 6.29. The highest BCUT2D eigenvalue weighted by molar-refractivity contribution is 6.13. The number of amides is 1. The standard InChI is InChI=1S/C27H18N4O2/c32-27(30-20-3-1-10-28-16-20)22-15-25(26-4-2-12-33-26)31-23-8-7-18(13-21(22)23)19-6-5-17-9-11-29-24(17)14-19/h1-16,29H,(H,30,32). The summed E-state index contributed by atoms with van der Waals surface area (Å²) in [5.41, 5.74) is 5.57. The Morgan fingerprint density at radius 3 is 2.70 bits per heavy atom. The Hall–Kier alpha value is -4.71. The van der Waals surface area contributed by atoms with Gasteiger partial charge in [-0.15, -0.1) is 0 Å². The van der Waals surface area contributed by atoms with Gasteiger partial charge in [0.1, 0.15) is 5.69 Å². The molecule has 33 heavy (non-hydrogen) atoms. The fourth-order valence-electron chi connectivity index (χ4n) is 4.01. The molecular formula is C27H18N4O2. The van der Waals surface area contributed by atoms with E-state index in [1.807, 2.05) is 36.5 Å². The lowest BCUT2D eigenvalue weighted by Crippen LogP contribution is -2.13. The molecule has 0 fully saturated rings. The summed E-state index contributed by atoms with van der Waals surface area (Å²) in [6, 6.07) is 23.3. The summed E-state index contributed by atoms with van der Waals surface area (Å²) >= 11 is 0. The van der Waals surface area contributed by atoms with Gasteiger partial charge in [-0.2, -0.15) is 0 Å². The molecule has 6 heteroatoms. The van der Waals surface area contributed by atoms with Crippen molar-refractivity contribution >= 4 is 33.4 Å². The summed E-state index contributed by atoms with van der Waals surface area (Å²) in [6.07, 6.45) is 6.80. The molecule has 0 saturated heterocycles. The molecule has 6 aromatic rings. The summed E-state index contributed by atoms with van der Waals surface area (Å²) in [5.74, 6) is 0.369. The van der Waals surface area contributed by atoms with E-state index < -0.39 is 0 Å². The van der Waals surface area contributed by atoms with Gasteiger partial charge in [-0.05, 0) is 71.1 Å². The van der Waals surface area contributed by atoms with Crippen LogP contribution in [0.2, 0.25) is 0 Å². The topological polar surface area (TPSA) is 83.8 Å². The molecule has 0 bridgehead atoms. The van der Waals surface area contributed by atoms with Crippen LogP contribution in [0, 0.1) is 0 Å². The van der Waals surface area contributed by atoms with Crippen molar-refractivity contribution in [2.75, 3.05) is 5.32 Å². The monoisotopic (exact) mass is 430 g/mol. The molecule has 158 valence electrons. The zero-order valence-corrected chi connectivity index (χ0v) is 17.4. The van der Waals surface area contributed by atoms with E-state index in [2.05, 4.69) is 33.5 Å². The molecule has 0 atom stereocenters. The number of aromatic amines is 1. The Kier molecular flexibility index (Phi) is 4.47. The molecule has 6 nitrogen and oxygen atoms in total. The van der Waals surface area contributed by atoms with Gasteiger partial charge in [-0.1, -0.05) is 18.2 Å². The van der Waals surface area contributed by atoms with Crippen molar-refractivity contribution in [2.24, 2.45) is 0 Å². The first kappa shape index (κ1) is 19.0.